The molecular formula is C17H12F3NO4. The Morgan fingerprint density at radius 1 is 1.16 bits per heavy atom. The summed E-state index contributed by atoms with van der Waals surface area (Å²) in [4.78, 5) is 21.7. The molecule has 2 aromatic carbocycles. The molecule has 0 aromatic heterocycles. The third-order valence-electron chi connectivity index (χ3n) is 3.13. The van der Waals surface area contributed by atoms with E-state index in [4.69, 9.17) is 4.74 Å². The van der Waals surface area contributed by atoms with Crippen LogP contribution in [0.4, 0.5) is 18.9 Å². The van der Waals surface area contributed by atoms with Gasteiger partial charge in [-0.25, -0.2) is 4.79 Å². The number of halogens is 3. The van der Waals surface area contributed by atoms with Crippen molar-refractivity contribution in [1.82, 2.24) is 0 Å². The van der Waals surface area contributed by atoms with Crippen LogP contribution in [0.1, 0.15) is 16.7 Å². The van der Waals surface area contributed by atoms with Gasteiger partial charge in [-0.05, 0) is 29.3 Å². The number of nitro groups is 1. The van der Waals surface area contributed by atoms with Crippen molar-refractivity contribution in [2.75, 3.05) is 0 Å². The molecule has 0 spiro atoms. The summed E-state index contributed by atoms with van der Waals surface area (Å²) in [7, 11) is 0. The van der Waals surface area contributed by atoms with Crippen LogP contribution in [-0.4, -0.2) is 10.9 Å². The van der Waals surface area contributed by atoms with Gasteiger partial charge in [0.15, 0.2) is 0 Å². The number of carbonyl (C=O) groups is 1. The standard InChI is InChI=1S/C17H12F3NO4/c18-17(19,20)14-5-1-4-13(9-14)11-25-16(22)8-7-12-3-2-6-15(10-12)21(23)24/h1-10H,11H2/b8-7+. The van der Waals surface area contributed by atoms with Crippen LogP contribution in [0.5, 0.6) is 0 Å². The van der Waals surface area contributed by atoms with Gasteiger partial charge in [0.1, 0.15) is 6.61 Å². The first-order chi connectivity index (χ1) is 11.8. The summed E-state index contributed by atoms with van der Waals surface area (Å²) in [5.74, 6) is -0.774. The minimum atomic E-state index is -4.47. The Morgan fingerprint density at radius 2 is 1.88 bits per heavy atom. The Labute approximate surface area is 140 Å². The number of non-ortho nitro benzene ring substituents is 1. The molecule has 2 aromatic rings. The summed E-state index contributed by atoms with van der Waals surface area (Å²) in [6.07, 6.45) is -2.10. The highest BCUT2D eigenvalue weighted by molar-refractivity contribution is 5.87. The second kappa shape index (κ2) is 7.61. The average Bonchev–Trinajstić information content (AvgIpc) is 2.58. The van der Waals surface area contributed by atoms with Crippen LogP contribution in [0, 0.1) is 10.1 Å². The largest absolute Gasteiger partial charge is 0.458 e. The van der Waals surface area contributed by atoms with Crippen molar-refractivity contribution in [2.45, 2.75) is 12.8 Å². The van der Waals surface area contributed by atoms with Crippen molar-refractivity contribution in [1.29, 1.82) is 0 Å². The lowest BCUT2D eigenvalue weighted by molar-refractivity contribution is -0.384. The lowest BCUT2D eigenvalue weighted by Gasteiger charge is -2.08. The van der Waals surface area contributed by atoms with Gasteiger partial charge in [0.05, 0.1) is 10.5 Å². The number of alkyl halides is 3. The molecule has 0 saturated heterocycles. The van der Waals surface area contributed by atoms with E-state index in [0.717, 1.165) is 18.2 Å². The molecule has 0 N–H and O–H groups in total. The fourth-order valence-electron chi connectivity index (χ4n) is 1.95. The van der Waals surface area contributed by atoms with Gasteiger partial charge in [0, 0.05) is 18.2 Å². The van der Waals surface area contributed by atoms with Gasteiger partial charge in [0.25, 0.3) is 5.69 Å². The Kier molecular flexibility index (Phi) is 5.53. The van der Waals surface area contributed by atoms with Crippen molar-refractivity contribution in [3.05, 3.63) is 81.4 Å². The van der Waals surface area contributed by atoms with Gasteiger partial charge in [0.2, 0.25) is 0 Å². The van der Waals surface area contributed by atoms with E-state index in [-0.39, 0.29) is 17.9 Å². The van der Waals surface area contributed by atoms with Crippen LogP contribution in [0.25, 0.3) is 6.08 Å². The molecule has 5 nitrogen and oxygen atoms in total. The van der Waals surface area contributed by atoms with Gasteiger partial charge in [-0.1, -0.05) is 24.3 Å². The van der Waals surface area contributed by atoms with E-state index in [1.54, 1.807) is 6.07 Å². The molecule has 0 bridgehead atoms. The van der Waals surface area contributed by atoms with Crippen LogP contribution in [-0.2, 0) is 22.3 Å². The predicted molar refractivity (Wildman–Crippen MR) is 83.4 cm³/mol. The van der Waals surface area contributed by atoms with Crippen molar-refractivity contribution >= 4 is 17.7 Å². The smallest absolute Gasteiger partial charge is 0.416 e. The number of hydrogen-bond acceptors (Lipinski definition) is 4. The lowest BCUT2D eigenvalue weighted by Crippen LogP contribution is -2.06. The summed E-state index contributed by atoms with van der Waals surface area (Å²) in [6, 6.07) is 10.1. The van der Waals surface area contributed by atoms with Crippen molar-refractivity contribution < 1.29 is 27.6 Å². The normalized spacial score (nSPS) is 11.5. The van der Waals surface area contributed by atoms with E-state index in [2.05, 4.69) is 0 Å². The van der Waals surface area contributed by atoms with Crippen molar-refractivity contribution in [3.63, 3.8) is 0 Å². The van der Waals surface area contributed by atoms with E-state index < -0.39 is 22.6 Å². The fourth-order valence-corrected chi connectivity index (χ4v) is 1.95. The number of rotatable bonds is 5. The highest BCUT2D eigenvalue weighted by atomic mass is 19.4. The van der Waals surface area contributed by atoms with Crippen molar-refractivity contribution in [3.8, 4) is 0 Å². The molecule has 0 unspecified atom stereocenters. The molecule has 0 heterocycles. The Balaban J connectivity index is 1.97. The second-order valence-electron chi connectivity index (χ2n) is 4.99. The third kappa shape index (κ3) is 5.45. The van der Waals surface area contributed by atoms with Crippen molar-refractivity contribution in [2.24, 2.45) is 0 Å². The zero-order valence-electron chi connectivity index (χ0n) is 12.7. The monoisotopic (exact) mass is 351 g/mol. The molecule has 8 heteroatoms. The zero-order chi connectivity index (χ0) is 18.4. The third-order valence-corrected chi connectivity index (χ3v) is 3.13. The first-order valence-electron chi connectivity index (χ1n) is 7.01. The van der Waals surface area contributed by atoms with Gasteiger partial charge < -0.3 is 4.74 Å². The highest BCUT2D eigenvalue weighted by Gasteiger charge is 2.30. The maximum Gasteiger partial charge on any atom is 0.416 e. The predicted octanol–water partition coefficient (Wildman–Crippen LogP) is 4.37. The molecule has 0 fully saturated rings. The summed E-state index contributed by atoms with van der Waals surface area (Å²) in [5, 5.41) is 10.7. The lowest BCUT2D eigenvalue weighted by atomic mass is 10.1. The number of ether oxygens (including phenoxy) is 1. The maximum atomic E-state index is 12.6. The zero-order valence-corrected chi connectivity index (χ0v) is 12.7. The molecule has 0 aliphatic heterocycles. The molecule has 0 amide bonds. The van der Waals surface area contributed by atoms with Gasteiger partial charge in [-0.2, -0.15) is 13.2 Å². The van der Waals surface area contributed by atoms with Crippen LogP contribution in [0.2, 0.25) is 0 Å². The van der Waals surface area contributed by atoms with E-state index >= 15 is 0 Å². The number of benzene rings is 2. The Morgan fingerprint density at radius 3 is 2.56 bits per heavy atom. The minimum absolute atomic E-state index is 0.125. The molecule has 25 heavy (non-hydrogen) atoms. The van der Waals surface area contributed by atoms with Gasteiger partial charge in [-0.3, -0.25) is 10.1 Å². The molecule has 0 saturated carbocycles. The molecule has 0 aliphatic carbocycles. The van der Waals surface area contributed by atoms with E-state index in [1.807, 2.05) is 0 Å². The summed E-state index contributed by atoms with van der Waals surface area (Å²) in [5.41, 5.74) is -0.329. The van der Waals surface area contributed by atoms with Gasteiger partial charge in [-0.15, -0.1) is 0 Å². The molecule has 0 radical (unpaired) electrons. The number of esters is 1. The molecule has 2 rings (SSSR count). The summed E-state index contributed by atoms with van der Waals surface area (Å²) >= 11 is 0. The Bertz CT molecular complexity index is 816. The fraction of sp³-hybridized carbons (Fsp3) is 0.118. The van der Waals surface area contributed by atoms with Crippen LogP contribution < -0.4 is 0 Å². The molecule has 0 aliphatic rings. The first-order valence-corrected chi connectivity index (χ1v) is 7.01. The van der Waals surface area contributed by atoms with Gasteiger partial charge >= 0.3 is 12.1 Å². The molecular weight excluding hydrogens is 339 g/mol. The highest BCUT2D eigenvalue weighted by Crippen LogP contribution is 2.29. The SMILES string of the molecule is O=C(/C=C/c1cccc([N+](=O)[O-])c1)OCc1cccc(C(F)(F)F)c1. The maximum absolute atomic E-state index is 12.6. The first kappa shape index (κ1) is 18.2. The number of carbonyl (C=O) groups excluding carboxylic acids is 1. The quantitative estimate of drug-likeness (QED) is 0.347. The van der Waals surface area contributed by atoms with E-state index in [0.29, 0.717) is 5.56 Å². The van der Waals surface area contributed by atoms with E-state index in [9.17, 15) is 28.1 Å². The topological polar surface area (TPSA) is 69.4 Å². The number of hydrogen-bond donors (Lipinski definition) is 0. The second-order valence-corrected chi connectivity index (χ2v) is 4.99. The minimum Gasteiger partial charge on any atom is -0.458 e. The van der Waals surface area contributed by atoms with E-state index in [1.165, 1.54) is 36.4 Å². The Hall–Kier alpha value is -3.16. The van der Waals surface area contributed by atoms with Crippen LogP contribution in [0.3, 0.4) is 0 Å². The van der Waals surface area contributed by atoms with Crippen LogP contribution >= 0.6 is 0 Å². The number of nitro benzene ring substituents is 1. The summed E-state index contributed by atoms with van der Waals surface area (Å²) < 4.78 is 42.7. The number of nitrogens with zero attached hydrogens (tertiary/aromatic N) is 1. The summed E-state index contributed by atoms with van der Waals surface area (Å²) in [6.45, 7) is -0.317. The van der Waals surface area contributed by atoms with Crippen LogP contribution in [0.15, 0.2) is 54.6 Å². The average molecular weight is 351 g/mol. The molecule has 0 atom stereocenters. The molecule has 130 valence electrons.